The molecule has 0 saturated heterocycles. The van der Waals surface area contributed by atoms with Crippen LogP contribution in [-0.2, 0) is 11.8 Å². The molecule has 0 spiro atoms. The first-order valence-corrected chi connectivity index (χ1v) is 12.0. The van der Waals surface area contributed by atoms with Gasteiger partial charge in [-0.15, -0.1) is 0 Å². The molecular weight excluding hydrogens is 416 g/mol. The molecule has 0 fully saturated rings. The molecule has 0 bridgehead atoms. The summed E-state index contributed by atoms with van der Waals surface area (Å²) >= 11 is 0. The van der Waals surface area contributed by atoms with Gasteiger partial charge in [-0.2, -0.15) is 0 Å². The van der Waals surface area contributed by atoms with Gasteiger partial charge in [-0.05, 0) is 61.6 Å². The maximum Gasteiger partial charge on any atom is 0.254 e. The number of fused-ring (bicyclic) bond motifs is 1. The minimum atomic E-state index is -0.153. The normalized spacial score (nSPS) is 16.4. The summed E-state index contributed by atoms with van der Waals surface area (Å²) in [5.74, 6) is 0.537. The lowest BCUT2D eigenvalue weighted by molar-refractivity contribution is -0.114. The number of aryl methyl sites for hydroxylation is 2. The average Bonchev–Trinajstić information content (AvgIpc) is 3.25. The number of nitrogens with zero attached hydrogens (tertiary/aromatic N) is 2. The molecule has 0 radical (unpaired) electrons. The fourth-order valence-electron chi connectivity index (χ4n) is 5.26. The van der Waals surface area contributed by atoms with E-state index < -0.39 is 0 Å². The molecule has 172 valence electrons. The third-order valence-corrected chi connectivity index (χ3v) is 7.38. The van der Waals surface area contributed by atoms with Gasteiger partial charge in [0, 0.05) is 34.8 Å². The number of hydrogen-bond donors (Lipinski definition) is 0. The Labute approximate surface area is 202 Å². The number of carbonyl (C=O) groups excluding carboxylic acids is 1. The summed E-state index contributed by atoms with van der Waals surface area (Å²) in [5.41, 5.74) is 10.1. The summed E-state index contributed by atoms with van der Waals surface area (Å²) in [6.45, 7) is 10.6. The van der Waals surface area contributed by atoms with Gasteiger partial charge in [0.05, 0.1) is 11.7 Å². The maximum absolute atomic E-state index is 13.6. The van der Waals surface area contributed by atoms with Crippen LogP contribution in [0.1, 0.15) is 56.3 Å². The van der Waals surface area contributed by atoms with E-state index in [9.17, 15) is 4.79 Å². The van der Waals surface area contributed by atoms with E-state index in [1.807, 2.05) is 11.8 Å². The molecule has 5 rings (SSSR count). The van der Waals surface area contributed by atoms with Gasteiger partial charge >= 0.3 is 0 Å². The number of rotatable bonds is 4. The lowest BCUT2D eigenvalue weighted by atomic mass is 9.93. The van der Waals surface area contributed by atoms with Crippen LogP contribution >= 0.6 is 0 Å². The molecule has 3 aromatic carbocycles. The first kappa shape index (κ1) is 22.2. The summed E-state index contributed by atoms with van der Waals surface area (Å²) in [7, 11) is 2.13. The third kappa shape index (κ3) is 3.38. The Hall–Kier alpha value is -3.59. The lowest BCUT2D eigenvalue weighted by Crippen LogP contribution is -2.30. The Morgan fingerprint density at radius 2 is 1.47 bits per heavy atom. The van der Waals surface area contributed by atoms with Crippen molar-refractivity contribution < 1.29 is 4.79 Å². The summed E-state index contributed by atoms with van der Waals surface area (Å²) < 4.78 is 2.28. The number of amides is 1. The Kier molecular flexibility index (Phi) is 5.44. The fraction of sp³-hybridized carbons (Fsp3) is 0.258. The van der Waals surface area contributed by atoms with E-state index in [1.54, 1.807) is 0 Å². The summed E-state index contributed by atoms with van der Waals surface area (Å²) in [6.07, 6.45) is 0. The highest BCUT2D eigenvalue weighted by molar-refractivity contribution is 6.11. The first-order valence-electron chi connectivity index (χ1n) is 12.0. The van der Waals surface area contributed by atoms with Gasteiger partial charge in [0.25, 0.3) is 5.91 Å². The predicted octanol–water partition coefficient (Wildman–Crippen LogP) is 7.70. The highest BCUT2D eigenvalue weighted by Gasteiger charge is 2.40. The molecule has 34 heavy (non-hydrogen) atoms. The number of anilines is 1. The van der Waals surface area contributed by atoms with Gasteiger partial charge < -0.3 is 4.57 Å². The molecule has 0 aliphatic carbocycles. The van der Waals surface area contributed by atoms with Crippen molar-refractivity contribution in [3.63, 3.8) is 0 Å². The molecule has 1 amide bonds. The van der Waals surface area contributed by atoms with Gasteiger partial charge in [-0.1, -0.05) is 74.0 Å². The zero-order valence-electron chi connectivity index (χ0n) is 20.9. The van der Waals surface area contributed by atoms with E-state index in [1.165, 1.54) is 33.2 Å². The number of aromatic nitrogens is 1. The van der Waals surface area contributed by atoms with Crippen molar-refractivity contribution in [1.82, 2.24) is 4.57 Å². The van der Waals surface area contributed by atoms with Crippen LogP contribution in [0, 0.1) is 6.92 Å². The highest BCUT2D eigenvalue weighted by atomic mass is 16.2. The molecule has 1 aliphatic rings. The van der Waals surface area contributed by atoms with E-state index in [2.05, 4.69) is 112 Å². The van der Waals surface area contributed by atoms with Gasteiger partial charge in [0.15, 0.2) is 0 Å². The first-order chi connectivity index (χ1) is 16.3. The molecule has 2 heterocycles. The monoisotopic (exact) mass is 448 g/mol. The summed E-state index contributed by atoms with van der Waals surface area (Å²) in [5, 5.41) is 1.19. The van der Waals surface area contributed by atoms with Crippen molar-refractivity contribution in [3.8, 4) is 11.3 Å². The van der Waals surface area contributed by atoms with Crippen LogP contribution in [0.2, 0.25) is 0 Å². The maximum atomic E-state index is 13.6. The number of carbonyl (C=O) groups is 1. The van der Waals surface area contributed by atoms with E-state index in [-0.39, 0.29) is 11.9 Å². The van der Waals surface area contributed by atoms with Gasteiger partial charge in [0.1, 0.15) is 0 Å². The molecule has 1 atom stereocenters. The minimum absolute atomic E-state index is 0.0857. The molecule has 3 nitrogen and oxygen atoms in total. The van der Waals surface area contributed by atoms with Crippen molar-refractivity contribution in [1.29, 1.82) is 0 Å². The van der Waals surface area contributed by atoms with Gasteiger partial charge in [-0.25, -0.2) is 0 Å². The number of para-hydroxylation sites is 1. The molecule has 4 aromatic rings. The van der Waals surface area contributed by atoms with Crippen molar-refractivity contribution >= 4 is 22.5 Å². The largest absolute Gasteiger partial charge is 0.343 e. The SMILES string of the molecule is CC1=C(C)C(c2c(-c3ccc(C)cc3)n(C)c3ccccc23)N(c2ccc(C(C)C)cc2)C1=O. The van der Waals surface area contributed by atoms with E-state index >= 15 is 0 Å². The summed E-state index contributed by atoms with van der Waals surface area (Å²) in [4.78, 5) is 15.6. The quantitative estimate of drug-likeness (QED) is 0.314. The van der Waals surface area contributed by atoms with Crippen LogP contribution in [0.5, 0.6) is 0 Å². The minimum Gasteiger partial charge on any atom is -0.343 e. The van der Waals surface area contributed by atoms with Crippen molar-refractivity contribution in [2.75, 3.05) is 4.90 Å². The topological polar surface area (TPSA) is 25.2 Å². The second kappa shape index (κ2) is 8.32. The third-order valence-electron chi connectivity index (χ3n) is 7.38. The summed E-state index contributed by atoms with van der Waals surface area (Å²) in [6, 6.07) is 25.6. The van der Waals surface area contributed by atoms with Crippen LogP contribution in [0.15, 0.2) is 83.9 Å². The molecule has 0 saturated carbocycles. The van der Waals surface area contributed by atoms with Crippen LogP contribution in [0.3, 0.4) is 0 Å². The standard InChI is InChI=1S/C31H32N2O/c1-19(2)23-15-17-25(18-16-23)33-29(21(4)22(5)31(33)34)28-26-9-7-8-10-27(26)32(6)30(28)24-13-11-20(3)12-14-24/h7-19,29H,1-6H3. The second-order valence-electron chi connectivity index (χ2n) is 9.84. The van der Waals surface area contributed by atoms with Gasteiger partial charge in [-0.3, -0.25) is 9.69 Å². The van der Waals surface area contributed by atoms with Crippen LogP contribution in [0.25, 0.3) is 22.2 Å². The fourth-order valence-corrected chi connectivity index (χ4v) is 5.26. The Bertz CT molecular complexity index is 1420. The number of benzene rings is 3. The Balaban J connectivity index is 1.77. The number of hydrogen-bond acceptors (Lipinski definition) is 1. The van der Waals surface area contributed by atoms with Gasteiger partial charge in [0.2, 0.25) is 0 Å². The van der Waals surface area contributed by atoms with E-state index in [0.29, 0.717) is 5.92 Å². The highest BCUT2D eigenvalue weighted by Crippen LogP contribution is 2.47. The second-order valence-corrected chi connectivity index (χ2v) is 9.84. The Morgan fingerprint density at radius 3 is 2.12 bits per heavy atom. The molecule has 1 aromatic heterocycles. The predicted molar refractivity (Wildman–Crippen MR) is 142 cm³/mol. The van der Waals surface area contributed by atoms with Crippen LogP contribution < -0.4 is 4.90 Å². The smallest absolute Gasteiger partial charge is 0.254 e. The van der Waals surface area contributed by atoms with Crippen LogP contribution in [0.4, 0.5) is 5.69 Å². The molecule has 1 aliphatic heterocycles. The molecular formula is C31H32N2O. The molecule has 3 heteroatoms. The zero-order chi connectivity index (χ0) is 24.1. The van der Waals surface area contributed by atoms with E-state index in [4.69, 9.17) is 0 Å². The Morgan fingerprint density at radius 1 is 0.824 bits per heavy atom. The zero-order valence-corrected chi connectivity index (χ0v) is 20.9. The van der Waals surface area contributed by atoms with Crippen molar-refractivity contribution in [3.05, 3.63) is 101 Å². The average molecular weight is 449 g/mol. The van der Waals surface area contributed by atoms with Crippen molar-refractivity contribution in [2.45, 2.75) is 46.6 Å². The van der Waals surface area contributed by atoms with Crippen molar-refractivity contribution in [2.24, 2.45) is 7.05 Å². The lowest BCUT2D eigenvalue weighted by Gasteiger charge is -2.28. The molecule has 1 unspecified atom stereocenters. The van der Waals surface area contributed by atoms with Crippen LogP contribution in [-0.4, -0.2) is 10.5 Å². The van der Waals surface area contributed by atoms with E-state index in [0.717, 1.165) is 22.5 Å². The molecule has 0 N–H and O–H groups in total.